The number of carboxylic acids is 1. The van der Waals surface area contributed by atoms with Gasteiger partial charge in [0.15, 0.2) is 0 Å². The van der Waals surface area contributed by atoms with E-state index in [0.29, 0.717) is 23.7 Å². The number of hydrogen-bond acceptors (Lipinski definition) is 3. The number of rotatable bonds is 8. The van der Waals surface area contributed by atoms with Crippen LogP contribution in [0.2, 0.25) is 0 Å². The summed E-state index contributed by atoms with van der Waals surface area (Å²) < 4.78 is 11.5. The highest BCUT2D eigenvalue weighted by molar-refractivity contribution is 5.71. The Morgan fingerprint density at radius 2 is 1.86 bits per heavy atom. The van der Waals surface area contributed by atoms with E-state index in [1.807, 2.05) is 30.3 Å². The molecule has 2 aromatic carbocycles. The Morgan fingerprint density at radius 1 is 1.09 bits per heavy atom. The van der Waals surface area contributed by atoms with Gasteiger partial charge in [0.25, 0.3) is 0 Å². The van der Waals surface area contributed by atoms with Gasteiger partial charge in [0.2, 0.25) is 0 Å². The van der Waals surface area contributed by atoms with Crippen molar-refractivity contribution in [2.45, 2.75) is 26.2 Å². The Labute approximate surface area is 130 Å². The standard InChI is InChI=1S/C18H20O4/c1-2-3-11-21-17-13-16(10-9-14(17)12-18(19)20)22-15-7-5-4-6-8-15/h4-10,13H,2-3,11-12H2,1H3,(H,19,20). The average molecular weight is 300 g/mol. The number of unbranched alkanes of at least 4 members (excludes halogenated alkanes) is 1. The fourth-order valence-corrected chi connectivity index (χ4v) is 1.99. The fourth-order valence-electron chi connectivity index (χ4n) is 1.99. The first kappa shape index (κ1) is 15.9. The van der Waals surface area contributed by atoms with E-state index in [9.17, 15) is 4.79 Å². The minimum Gasteiger partial charge on any atom is -0.493 e. The molecule has 0 heterocycles. The van der Waals surface area contributed by atoms with Crippen molar-refractivity contribution in [1.82, 2.24) is 0 Å². The summed E-state index contributed by atoms with van der Waals surface area (Å²) in [6.45, 7) is 2.65. The van der Waals surface area contributed by atoms with Gasteiger partial charge in [-0.1, -0.05) is 37.6 Å². The molecule has 0 saturated carbocycles. The van der Waals surface area contributed by atoms with Gasteiger partial charge in [-0.15, -0.1) is 0 Å². The van der Waals surface area contributed by atoms with Crippen molar-refractivity contribution < 1.29 is 19.4 Å². The lowest BCUT2D eigenvalue weighted by atomic mass is 10.1. The number of benzene rings is 2. The molecule has 0 fully saturated rings. The molecule has 0 aliphatic rings. The zero-order valence-corrected chi connectivity index (χ0v) is 12.6. The summed E-state index contributed by atoms with van der Waals surface area (Å²) in [5.74, 6) is 1.06. The Hall–Kier alpha value is -2.49. The number of hydrogen-bond donors (Lipinski definition) is 1. The number of carboxylic acid groups (broad SMARTS) is 1. The topological polar surface area (TPSA) is 55.8 Å². The van der Waals surface area contributed by atoms with Crippen LogP contribution < -0.4 is 9.47 Å². The smallest absolute Gasteiger partial charge is 0.307 e. The van der Waals surface area contributed by atoms with Crippen LogP contribution in [0.15, 0.2) is 48.5 Å². The highest BCUT2D eigenvalue weighted by Gasteiger charge is 2.10. The third-order valence-electron chi connectivity index (χ3n) is 3.11. The second-order valence-electron chi connectivity index (χ2n) is 4.96. The monoisotopic (exact) mass is 300 g/mol. The van der Waals surface area contributed by atoms with E-state index in [0.717, 1.165) is 18.6 Å². The number of ether oxygens (including phenoxy) is 2. The van der Waals surface area contributed by atoms with Gasteiger partial charge < -0.3 is 14.6 Å². The van der Waals surface area contributed by atoms with Crippen LogP contribution in [0.25, 0.3) is 0 Å². The summed E-state index contributed by atoms with van der Waals surface area (Å²) in [5.41, 5.74) is 0.656. The lowest BCUT2D eigenvalue weighted by Crippen LogP contribution is -2.05. The van der Waals surface area contributed by atoms with E-state index < -0.39 is 5.97 Å². The molecule has 2 aromatic rings. The maximum Gasteiger partial charge on any atom is 0.307 e. The van der Waals surface area contributed by atoms with Gasteiger partial charge in [-0.2, -0.15) is 0 Å². The van der Waals surface area contributed by atoms with Crippen molar-refractivity contribution in [3.63, 3.8) is 0 Å². The first-order valence-corrected chi connectivity index (χ1v) is 7.39. The van der Waals surface area contributed by atoms with Gasteiger partial charge in [0.1, 0.15) is 17.2 Å². The quantitative estimate of drug-likeness (QED) is 0.739. The first-order chi connectivity index (χ1) is 10.7. The van der Waals surface area contributed by atoms with Crippen LogP contribution in [0.5, 0.6) is 17.2 Å². The van der Waals surface area contributed by atoms with Crippen molar-refractivity contribution in [2.24, 2.45) is 0 Å². The molecule has 1 N–H and O–H groups in total. The predicted molar refractivity (Wildman–Crippen MR) is 84.7 cm³/mol. The van der Waals surface area contributed by atoms with Crippen molar-refractivity contribution in [3.05, 3.63) is 54.1 Å². The van der Waals surface area contributed by atoms with E-state index in [4.69, 9.17) is 14.6 Å². The van der Waals surface area contributed by atoms with Gasteiger partial charge in [0, 0.05) is 11.6 Å². The molecule has 4 heteroatoms. The Morgan fingerprint density at radius 3 is 2.55 bits per heavy atom. The Bertz CT molecular complexity index is 608. The molecule has 0 bridgehead atoms. The molecule has 0 aromatic heterocycles. The summed E-state index contributed by atoms with van der Waals surface area (Å²) in [7, 11) is 0. The molecule has 0 atom stereocenters. The van der Waals surface area contributed by atoms with E-state index in [1.54, 1.807) is 18.2 Å². The second kappa shape index (κ2) is 8.08. The van der Waals surface area contributed by atoms with Gasteiger partial charge in [-0.25, -0.2) is 0 Å². The molecule has 4 nitrogen and oxygen atoms in total. The molecule has 0 spiro atoms. The second-order valence-corrected chi connectivity index (χ2v) is 4.96. The van der Waals surface area contributed by atoms with Crippen molar-refractivity contribution in [2.75, 3.05) is 6.61 Å². The lowest BCUT2D eigenvalue weighted by molar-refractivity contribution is -0.136. The number of para-hydroxylation sites is 1. The van der Waals surface area contributed by atoms with Crippen LogP contribution in [0.4, 0.5) is 0 Å². The van der Waals surface area contributed by atoms with Gasteiger partial charge in [-0.05, 0) is 24.6 Å². The van der Waals surface area contributed by atoms with Crippen molar-refractivity contribution >= 4 is 5.97 Å². The molecule has 2 rings (SSSR count). The zero-order chi connectivity index (χ0) is 15.8. The summed E-state index contributed by atoms with van der Waals surface area (Å²) in [5, 5.41) is 8.98. The molecule has 0 aliphatic heterocycles. The van der Waals surface area contributed by atoms with E-state index in [-0.39, 0.29) is 6.42 Å². The van der Waals surface area contributed by atoms with Crippen LogP contribution in [-0.2, 0) is 11.2 Å². The lowest BCUT2D eigenvalue weighted by Gasteiger charge is -2.13. The normalized spacial score (nSPS) is 10.2. The molecule has 0 aliphatic carbocycles. The van der Waals surface area contributed by atoms with E-state index in [2.05, 4.69) is 6.92 Å². The SMILES string of the molecule is CCCCOc1cc(Oc2ccccc2)ccc1CC(=O)O. The van der Waals surface area contributed by atoms with Crippen molar-refractivity contribution in [1.29, 1.82) is 0 Å². The summed E-state index contributed by atoms with van der Waals surface area (Å²) in [6, 6.07) is 14.7. The molecular weight excluding hydrogens is 280 g/mol. The molecule has 0 unspecified atom stereocenters. The fraction of sp³-hybridized carbons (Fsp3) is 0.278. The van der Waals surface area contributed by atoms with E-state index >= 15 is 0 Å². The van der Waals surface area contributed by atoms with Crippen LogP contribution in [0.1, 0.15) is 25.3 Å². The third-order valence-corrected chi connectivity index (χ3v) is 3.11. The Kier molecular flexibility index (Phi) is 5.83. The highest BCUT2D eigenvalue weighted by Crippen LogP contribution is 2.29. The van der Waals surface area contributed by atoms with Crippen LogP contribution in [-0.4, -0.2) is 17.7 Å². The maximum absolute atomic E-state index is 10.9. The van der Waals surface area contributed by atoms with Crippen molar-refractivity contribution in [3.8, 4) is 17.2 Å². The van der Waals surface area contributed by atoms with Gasteiger partial charge in [0.05, 0.1) is 13.0 Å². The molecule has 22 heavy (non-hydrogen) atoms. The van der Waals surface area contributed by atoms with E-state index in [1.165, 1.54) is 0 Å². The molecule has 116 valence electrons. The van der Waals surface area contributed by atoms with Crippen LogP contribution in [0.3, 0.4) is 0 Å². The maximum atomic E-state index is 10.9. The average Bonchev–Trinajstić information content (AvgIpc) is 2.50. The third kappa shape index (κ3) is 4.81. The highest BCUT2D eigenvalue weighted by atomic mass is 16.5. The number of aliphatic carboxylic acids is 1. The predicted octanol–water partition coefficient (Wildman–Crippen LogP) is 4.28. The van der Waals surface area contributed by atoms with Gasteiger partial charge in [-0.3, -0.25) is 4.79 Å². The summed E-state index contributed by atoms with van der Waals surface area (Å²) in [4.78, 5) is 10.9. The molecule has 0 radical (unpaired) electrons. The zero-order valence-electron chi connectivity index (χ0n) is 12.6. The minimum absolute atomic E-state index is 0.0624. The van der Waals surface area contributed by atoms with Gasteiger partial charge >= 0.3 is 5.97 Å². The number of carbonyl (C=O) groups is 1. The largest absolute Gasteiger partial charge is 0.493 e. The molecular formula is C18H20O4. The van der Waals surface area contributed by atoms with Crippen LogP contribution in [0, 0.1) is 0 Å². The molecule has 0 amide bonds. The molecule has 0 saturated heterocycles. The minimum atomic E-state index is -0.878. The first-order valence-electron chi connectivity index (χ1n) is 7.39. The summed E-state index contributed by atoms with van der Waals surface area (Å²) in [6.07, 6.45) is 1.89. The van der Waals surface area contributed by atoms with Crippen LogP contribution >= 0.6 is 0 Å². The summed E-state index contributed by atoms with van der Waals surface area (Å²) >= 11 is 0. The Balaban J connectivity index is 2.17.